The lowest BCUT2D eigenvalue weighted by Crippen LogP contribution is -2.42. The van der Waals surface area contributed by atoms with Crippen LogP contribution in [0, 0.1) is 0 Å². The van der Waals surface area contributed by atoms with Crippen LogP contribution in [-0.4, -0.2) is 36.8 Å². The van der Waals surface area contributed by atoms with Gasteiger partial charge in [-0.25, -0.2) is 13.4 Å². The molecule has 0 unspecified atom stereocenters. The van der Waals surface area contributed by atoms with Crippen LogP contribution in [0.5, 0.6) is 0 Å². The van der Waals surface area contributed by atoms with E-state index in [1.54, 1.807) is 19.2 Å². The fraction of sp³-hybridized carbons (Fsp3) is 0.583. The van der Waals surface area contributed by atoms with E-state index in [0.717, 1.165) is 25.7 Å². The van der Waals surface area contributed by atoms with Crippen LogP contribution in [0.25, 0.3) is 0 Å². The number of pyridine rings is 1. The first kappa shape index (κ1) is 13.5. The van der Waals surface area contributed by atoms with Crippen molar-refractivity contribution in [3.05, 3.63) is 24.4 Å². The average Bonchev–Trinajstić information content (AvgIpc) is 2.40. The highest BCUT2D eigenvalue weighted by atomic mass is 32.2. The molecule has 0 amide bonds. The molecule has 0 aliphatic heterocycles. The molecule has 1 aromatic heterocycles. The third-order valence-electron chi connectivity index (χ3n) is 3.54. The number of hydrogen-bond acceptors (Lipinski definition) is 4. The Kier molecular flexibility index (Phi) is 3.99. The Hall–Kier alpha value is -0.980. The maximum Gasteiger partial charge on any atom is 0.260 e. The fourth-order valence-electron chi connectivity index (χ4n) is 2.31. The summed E-state index contributed by atoms with van der Waals surface area (Å²) in [7, 11) is -1.84. The molecule has 1 fully saturated rings. The average molecular weight is 269 g/mol. The lowest BCUT2D eigenvalue weighted by atomic mass is 9.92. The summed E-state index contributed by atoms with van der Waals surface area (Å²) in [4.78, 5) is 3.93. The molecule has 1 aromatic rings. The number of aromatic nitrogens is 1. The van der Waals surface area contributed by atoms with Gasteiger partial charge >= 0.3 is 0 Å². The normalized spacial score (nSPS) is 25.3. The monoisotopic (exact) mass is 269 g/mol. The van der Waals surface area contributed by atoms with E-state index in [0.29, 0.717) is 0 Å². The minimum absolute atomic E-state index is 0.0387. The van der Waals surface area contributed by atoms with Gasteiger partial charge in [-0.05, 0) is 37.8 Å². The van der Waals surface area contributed by atoms with Gasteiger partial charge in [0.05, 0.1) is 0 Å². The Morgan fingerprint density at radius 3 is 2.50 bits per heavy atom. The fourth-order valence-corrected chi connectivity index (χ4v) is 3.65. The number of hydrogen-bond donors (Lipinski definition) is 1. The second kappa shape index (κ2) is 5.34. The van der Waals surface area contributed by atoms with Crippen molar-refractivity contribution in [2.24, 2.45) is 5.73 Å². The molecule has 0 bridgehead atoms. The molecule has 100 valence electrons. The smallest absolute Gasteiger partial charge is 0.260 e. The van der Waals surface area contributed by atoms with Crippen molar-refractivity contribution >= 4 is 10.0 Å². The van der Waals surface area contributed by atoms with Crippen LogP contribution >= 0.6 is 0 Å². The van der Waals surface area contributed by atoms with Gasteiger partial charge in [0.2, 0.25) is 0 Å². The SMILES string of the molecule is CN(C1CCC(N)CC1)S(=O)(=O)c1ccccn1. The minimum atomic E-state index is -3.47. The van der Waals surface area contributed by atoms with Gasteiger partial charge in [0.1, 0.15) is 0 Å². The quantitative estimate of drug-likeness (QED) is 0.887. The Bertz CT molecular complexity index is 481. The van der Waals surface area contributed by atoms with Gasteiger partial charge in [-0.15, -0.1) is 0 Å². The maximum absolute atomic E-state index is 12.3. The summed E-state index contributed by atoms with van der Waals surface area (Å²) in [6.07, 6.45) is 4.91. The molecule has 0 saturated heterocycles. The molecule has 0 aromatic carbocycles. The van der Waals surface area contributed by atoms with Crippen LogP contribution in [0.3, 0.4) is 0 Å². The van der Waals surface area contributed by atoms with E-state index in [2.05, 4.69) is 4.98 Å². The predicted molar refractivity (Wildman–Crippen MR) is 69.4 cm³/mol. The zero-order valence-electron chi connectivity index (χ0n) is 10.5. The third kappa shape index (κ3) is 2.71. The van der Waals surface area contributed by atoms with E-state index in [-0.39, 0.29) is 17.1 Å². The van der Waals surface area contributed by atoms with Crippen LogP contribution in [-0.2, 0) is 10.0 Å². The summed E-state index contributed by atoms with van der Waals surface area (Å²) in [6.45, 7) is 0. The molecule has 0 atom stereocenters. The van der Waals surface area contributed by atoms with E-state index in [1.807, 2.05) is 0 Å². The highest BCUT2D eigenvalue weighted by Crippen LogP contribution is 2.25. The number of nitrogens with zero attached hydrogens (tertiary/aromatic N) is 2. The Morgan fingerprint density at radius 1 is 1.28 bits per heavy atom. The second-order valence-corrected chi connectivity index (χ2v) is 6.70. The lowest BCUT2D eigenvalue weighted by Gasteiger charge is -2.32. The molecule has 0 radical (unpaired) electrons. The van der Waals surface area contributed by atoms with Gasteiger partial charge in [0.25, 0.3) is 10.0 Å². The topological polar surface area (TPSA) is 76.3 Å². The first-order chi connectivity index (χ1) is 8.51. The summed E-state index contributed by atoms with van der Waals surface area (Å²) in [6, 6.07) is 5.17. The number of sulfonamides is 1. The van der Waals surface area contributed by atoms with Crippen LogP contribution in [0.2, 0.25) is 0 Å². The zero-order chi connectivity index (χ0) is 13.2. The minimum Gasteiger partial charge on any atom is -0.328 e. The molecule has 1 heterocycles. The van der Waals surface area contributed by atoms with Gasteiger partial charge in [0, 0.05) is 25.3 Å². The van der Waals surface area contributed by atoms with Gasteiger partial charge in [-0.2, -0.15) is 4.31 Å². The first-order valence-corrected chi connectivity index (χ1v) is 7.60. The molecule has 2 N–H and O–H groups in total. The number of nitrogens with two attached hydrogens (primary N) is 1. The first-order valence-electron chi connectivity index (χ1n) is 6.16. The predicted octanol–water partition coefficient (Wildman–Crippen LogP) is 0.972. The largest absolute Gasteiger partial charge is 0.328 e. The van der Waals surface area contributed by atoms with Crippen molar-refractivity contribution in [3.8, 4) is 0 Å². The molecule has 18 heavy (non-hydrogen) atoms. The maximum atomic E-state index is 12.3. The van der Waals surface area contributed by atoms with Gasteiger partial charge in [0.15, 0.2) is 5.03 Å². The van der Waals surface area contributed by atoms with E-state index in [4.69, 9.17) is 5.73 Å². The zero-order valence-corrected chi connectivity index (χ0v) is 11.3. The van der Waals surface area contributed by atoms with Crippen LogP contribution in [0.1, 0.15) is 25.7 Å². The van der Waals surface area contributed by atoms with Crippen LogP contribution < -0.4 is 5.73 Å². The van der Waals surface area contributed by atoms with Crippen LogP contribution in [0.4, 0.5) is 0 Å². The molecular formula is C12H19N3O2S. The molecular weight excluding hydrogens is 250 g/mol. The van der Waals surface area contributed by atoms with Crippen molar-refractivity contribution < 1.29 is 8.42 Å². The lowest BCUT2D eigenvalue weighted by molar-refractivity contribution is 0.268. The van der Waals surface area contributed by atoms with Crippen molar-refractivity contribution in [1.29, 1.82) is 0 Å². The summed E-state index contributed by atoms with van der Waals surface area (Å²) < 4.78 is 26.1. The van der Waals surface area contributed by atoms with Crippen molar-refractivity contribution in [1.82, 2.24) is 9.29 Å². The molecule has 1 aliphatic rings. The molecule has 5 nitrogen and oxygen atoms in total. The standard InChI is InChI=1S/C12H19N3O2S/c1-15(11-7-5-10(13)6-8-11)18(16,17)12-4-2-3-9-14-12/h2-4,9-11H,5-8,13H2,1H3. The van der Waals surface area contributed by atoms with Gasteiger partial charge in [-0.1, -0.05) is 6.07 Å². The van der Waals surface area contributed by atoms with Crippen molar-refractivity contribution in [3.63, 3.8) is 0 Å². The van der Waals surface area contributed by atoms with E-state index in [1.165, 1.54) is 16.6 Å². The summed E-state index contributed by atoms with van der Waals surface area (Å²) in [5.74, 6) is 0. The van der Waals surface area contributed by atoms with Crippen LogP contribution in [0.15, 0.2) is 29.4 Å². The van der Waals surface area contributed by atoms with Crippen molar-refractivity contribution in [2.45, 2.75) is 42.8 Å². The van der Waals surface area contributed by atoms with Gasteiger partial charge < -0.3 is 5.73 Å². The molecule has 1 aliphatic carbocycles. The summed E-state index contributed by atoms with van der Waals surface area (Å²) in [5.41, 5.74) is 5.84. The van der Waals surface area contributed by atoms with Crippen molar-refractivity contribution in [2.75, 3.05) is 7.05 Å². The van der Waals surface area contributed by atoms with E-state index >= 15 is 0 Å². The Balaban J connectivity index is 2.15. The highest BCUT2D eigenvalue weighted by Gasteiger charge is 2.31. The van der Waals surface area contributed by atoms with Gasteiger partial charge in [-0.3, -0.25) is 0 Å². The summed E-state index contributed by atoms with van der Waals surface area (Å²) in [5, 5.41) is 0.113. The Labute approximate surface area is 108 Å². The highest BCUT2D eigenvalue weighted by molar-refractivity contribution is 7.89. The van der Waals surface area contributed by atoms with E-state index < -0.39 is 10.0 Å². The molecule has 1 saturated carbocycles. The molecule has 6 heteroatoms. The Morgan fingerprint density at radius 2 is 1.94 bits per heavy atom. The molecule has 0 spiro atoms. The van der Waals surface area contributed by atoms with E-state index in [9.17, 15) is 8.42 Å². The second-order valence-electron chi connectivity index (χ2n) is 4.76. The third-order valence-corrected chi connectivity index (χ3v) is 5.36. The summed E-state index contributed by atoms with van der Waals surface area (Å²) >= 11 is 0. The number of rotatable bonds is 3. The molecule has 2 rings (SSSR count).